The maximum absolute atomic E-state index is 12.7. The molecule has 4 rings (SSSR count). The van der Waals surface area contributed by atoms with Crippen LogP contribution in [0.1, 0.15) is 45.5 Å². The highest BCUT2D eigenvalue weighted by molar-refractivity contribution is 7.10. The first-order valence-electron chi connectivity index (χ1n) is 7.88. The van der Waals surface area contributed by atoms with Gasteiger partial charge in [0.15, 0.2) is 5.69 Å². The lowest BCUT2D eigenvalue weighted by Crippen LogP contribution is -2.41. The van der Waals surface area contributed by atoms with Crippen molar-refractivity contribution in [3.63, 3.8) is 0 Å². The molecule has 23 heavy (non-hydrogen) atoms. The number of hydrogen-bond acceptors (Lipinski definition) is 5. The van der Waals surface area contributed by atoms with Crippen LogP contribution in [0.3, 0.4) is 0 Å². The maximum Gasteiger partial charge on any atom is 0.272 e. The lowest BCUT2D eigenvalue weighted by atomic mass is 9.76. The number of carbonyl (C=O) groups is 1. The molecule has 1 aliphatic heterocycles. The second kappa shape index (κ2) is 6.07. The maximum atomic E-state index is 12.7. The first-order valence-corrected chi connectivity index (χ1v) is 8.76. The standard InChI is InChI=1S/C16H19N3O3S/c20-10-6-9(7-10)14(13-2-1-5-23-13)17-16(21)15-11-8-22-4-3-12(11)18-19-15/h1-2,5,9-10,14,20H,3-4,6-8H2,(H,17,21)(H,18,19)/t9?,10?,14-/m0/s1. The van der Waals surface area contributed by atoms with Crippen molar-refractivity contribution in [1.29, 1.82) is 0 Å². The van der Waals surface area contributed by atoms with Crippen molar-refractivity contribution in [2.45, 2.75) is 38.0 Å². The van der Waals surface area contributed by atoms with E-state index >= 15 is 0 Å². The fraction of sp³-hybridized carbons (Fsp3) is 0.500. The van der Waals surface area contributed by atoms with Gasteiger partial charge in [-0.25, -0.2) is 0 Å². The molecule has 1 atom stereocenters. The van der Waals surface area contributed by atoms with E-state index in [-0.39, 0.29) is 24.0 Å². The third kappa shape index (κ3) is 2.80. The monoisotopic (exact) mass is 333 g/mol. The van der Waals surface area contributed by atoms with E-state index in [4.69, 9.17) is 4.74 Å². The number of ether oxygens (including phenoxy) is 1. The topological polar surface area (TPSA) is 87.2 Å². The van der Waals surface area contributed by atoms with Crippen LogP contribution < -0.4 is 5.32 Å². The van der Waals surface area contributed by atoms with Gasteiger partial charge >= 0.3 is 0 Å². The van der Waals surface area contributed by atoms with E-state index in [1.54, 1.807) is 11.3 Å². The van der Waals surface area contributed by atoms with Gasteiger partial charge in [-0.1, -0.05) is 6.07 Å². The van der Waals surface area contributed by atoms with Gasteiger partial charge in [0.25, 0.3) is 5.91 Å². The molecule has 1 fully saturated rings. The summed E-state index contributed by atoms with van der Waals surface area (Å²) in [7, 11) is 0. The van der Waals surface area contributed by atoms with Crippen LogP contribution in [0.2, 0.25) is 0 Å². The van der Waals surface area contributed by atoms with E-state index in [1.165, 1.54) is 0 Å². The zero-order valence-corrected chi connectivity index (χ0v) is 13.4. The quantitative estimate of drug-likeness (QED) is 0.796. The Morgan fingerprint density at radius 2 is 2.39 bits per heavy atom. The summed E-state index contributed by atoms with van der Waals surface area (Å²) < 4.78 is 5.45. The first-order chi connectivity index (χ1) is 11.2. The van der Waals surface area contributed by atoms with Gasteiger partial charge in [0.1, 0.15) is 0 Å². The van der Waals surface area contributed by atoms with Crippen LogP contribution in [-0.4, -0.2) is 33.9 Å². The van der Waals surface area contributed by atoms with Gasteiger partial charge in [0, 0.05) is 22.6 Å². The molecule has 2 aliphatic rings. The Balaban J connectivity index is 1.54. The molecule has 2 aromatic heterocycles. The summed E-state index contributed by atoms with van der Waals surface area (Å²) in [4.78, 5) is 13.8. The van der Waals surface area contributed by atoms with E-state index in [2.05, 4.69) is 15.5 Å². The Hall–Kier alpha value is -1.70. The molecule has 2 aromatic rings. The van der Waals surface area contributed by atoms with Gasteiger partial charge in [-0.15, -0.1) is 11.3 Å². The van der Waals surface area contributed by atoms with E-state index in [1.807, 2.05) is 17.5 Å². The molecule has 1 saturated carbocycles. The van der Waals surface area contributed by atoms with Crippen LogP contribution in [-0.2, 0) is 17.8 Å². The summed E-state index contributed by atoms with van der Waals surface area (Å²) in [6.45, 7) is 1.09. The normalized spacial score (nSPS) is 24.6. The van der Waals surface area contributed by atoms with Crippen molar-refractivity contribution in [3.05, 3.63) is 39.3 Å². The van der Waals surface area contributed by atoms with Crippen molar-refractivity contribution in [1.82, 2.24) is 15.5 Å². The Bertz CT molecular complexity index is 691. The summed E-state index contributed by atoms with van der Waals surface area (Å²) in [6.07, 6.45) is 1.97. The van der Waals surface area contributed by atoms with Crippen LogP contribution in [0.5, 0.6) is 0 Å². The van der Waals surface area contributed by atoms with Gasteiger partial charge in [0.05, 0.1) is 25.4 Å². The number of thiophene rings is 1. The fourth-order valence-corrected chi connectivity index (χ4v) is 4.17. The number of aromatic nitrogens is 2. The molecule has 1 amide bonds. The molecule has 0 aromatic carbocycles. The Morgan fingerprint density at radius 3 is 3.13 bits per heavy atom. The average Bonchev–Trinajstić information content (AvgIpc) is 3.18. The molecular formula is C16H19N3O3S. The SMILES string of the molecule is O=C(N[C@H](c1cccs1)C1CC(O)C1)c1n[nH]c2c1COCC2. The highest BCUT2D eigenvalue weighted by Gasteiger charge is 2.37. The Morgan fingerprint density at radius 1 is 1.52 bits per heavy atom. The van der Waals surface area contributed by atoms with Crippen molar-refractivity contribution in [2.75, 3.05) is 6.61 Å². The fourth-order valence-electron chi connectivity index (χ4n) is 3.30. The highest BCUT2D eigenvalue weighted by atomic mass is 32.1. The van der Waals surface area contributed by atoms with E-state index in [0.717, 1.165) is 35.4 Å². The number of aliphatic hydroxyl groups excluding tert-OH is 1. The molecule has 122 valence electrons. The van der Waals surface area contributed by atoms with Gasteiger partial charge in [-0.3, -0.25) is 9.89 Å². The number of nitrogens with one attached hydrogen (secondary N) is 2. The minimum atomic E-state index is -0.245. The molecule has 3 N–H and O–H groups in total. The molecule has 7 heteroatoms. The van der Waals surface area contributed by atoms with Crippen molar-refractivity contribution >= 4 is 17.2 Å². The lowest BCUT2D eigenvalue weighted by Gasteiger charge is -2.37. The predicted octanol–water partition coefficient (Wildman–Crippen LogP) is 1.79. The third-order valence-corrected chi connectivity index (χ3v) is 5.62. The Kier molecular flexibility index (Phi) is 3.92. The molecule has 3 heterocycles. The summed E-state index contributed by atoms with van der Waals surface area (Å²) in [6, 6.07) is 3.95. The number of hydrogen-bond donors (Lipinski definition) is 3. The van der Waals surface area contributed by atoms with E-state index < -0.39 is 0 Å². The summed E-state index contributed by atoms with van der Waals surface area (Å²) in [5.74, 6) is 0.103. The molecule has 0 radical (unpaired) electrons. The minimum absolute atomic E-state index is 0.0669. The minimum Gasteiger partial charge on any atom is -0.393 e. The van der Waals surface area contributed by atoms with Crippen molar-refractivity contribution in [3.8, 4) is 0 Å². The number of aromatic amines is 1. The first kappa shape index (κ1) is 14.9. The van der Waals surface area contributed by atoms with E-state index in [9.17, 15) is 9.90 Å². The molecule has 6 nitrogen and oxygen atoms in total. The Labute approximate surface area is 137 Å². The second-order valence-electron chi connectivity index (χ2n) is 6.18. The molecule has 0 spiro atoms. The van der Waals surface area contributed by atoms with Crippen LogP contribution in [0, 0.1) is 5.92 Å². The van der Waals surface area contributed by atoms with Crippen molar-refractivity contribution in [2.24, 2.45) is 5.92 Å². The predicted molar refractivity (Wildman–Crippen MR) is 85.2 cm³/mol. The number of amides is 1. The number of fused-ring (bicyclic) bond motifs is 1. The number of rotatable bonds is 4. The van der Waals surface area contributed by atoms with Crippen LogP contribution in [0.4, 0.5) is 0 Å². The zero-order valence-electron chi connectivity index (χ0n) is 12.6. The zero-order chi connectivity index (χ0) is 15.8. The van der Waals surface area contributed by atoms with Gasteiger partial charge < -0.3 is 15.2 Å². The number of nitrogens with zero attached hydrogens (tertiary/aromatic N) is 1. The second-order valence-corrected chi connectivity index (χ2v) is 7.16. The molecule has 0 bridgehead atoms. The molecule has 0 unspecified atom stereocenters. The van der Waals surface area contributed by atoms with Crippen molar-refractivity contribution < 1.29 is 14.6 Å². The molecule has 0 saturated heterocycles. The lowest BCUT2D eigenvalue weighted by molar-refractivity contribution is 0.0240. The number of carbonyl (C=O) groups excluding carboxylic acids is 1. The average molecular weight is 333 g/mol. The highest BCUT2D eigenvalue weighted by Crippen LogP contribution is 2.39. The molecular weight excluding hydrogens is 314 g/mol. The summed E-state index contributed by atoms with van der Waals surface area (Å²) >= 11 is 1.63. The van der Waals surface area contributed by atoms with Crippen LogP contribution >= 0.6 is 11.3 Å². The molecule has 1 aliphatic carbocycles. The summed E-state index contributed by atoms with van der Waals surface area (Å²) in [5.41, 5.74) is 2.29. The van der Waals surface area contributed by atoms with E-state index in [0.29, 0.717) is 18.9 Å². The van der Waals surface area contributed by atoms with Gasteiger partial charge in [-0.05, 0) is 30.2 Å². The van der Waals surface area contributed by atoms with Gasteiger partial charge in [-0.2, -0.15) is 5.10 Å². The van der Waals surface area contributed by atoms with Crippen LogP contribution in [0.15, 0.2) is 17.5 Å². The van der Waals surface area contributed by atoms with Crippen LogP contribution in [0.25, 0.3) is 0 Å². The number of aliphatic hydroxyl groups is 1. The number of H-pyrrole nitrogens is 1. The third-order valence-electron chi connectivity index (χ3n) is 4.67. The van der Waals surface area contributed by atoms with Gasteiger partial charge in [0.2, 0.25) is 0 Å². The summed E-state index contributed by atoms with van der Waals surface area (Å²) in [5, 5.41) is 21.9. The largest absolute Gasteiger partial charge is 0.393 e. The smallest absolute Gasteiger partial charge is 0.272 e.